The van der Waals surface area contributed by atoms with Gasteiger partial charge < -0.3 is 14.5 Å². The Morgan fingerprint density at radius 1 is 1.50 bits per heavy atom. The number of likely N-dealkylation sites (N-methyl/N-ethyl adjacent to an activating group) is 1. The highest BCUT2D eigenvalue weighted by atomic mass is 16.5. The van der Waals surface area contributed by atoms with E-state index in [4.69, 9.17) is 9.15 Å². The smallest absolute Gasteiger partial charge is 0.105 e. The minimum absolute atomic E-state index is 0.143. The van der Waals surface area contributed by atoms with Crippen LogP contribution in [0.4, 0.5) is 0 Å². The number of furan rings is 1. The van der Waals surface area contributed by atoms with Crippen molar-refractivity contribution in [2.45, 2.75) is 45.3 Å². The van der Waals surface area contributed by atoms with Crippen molar-refractivity contribution in [3.05, 3.63) is 24.2 Å². The molecule has 1 N–H and O–H groups in total. The first-order valence-electron chi connectivity index (χ1n) is 5.99. The van der Waals surface area contributed by atoms with Gasteiger partial charge in [0.1, 0.15) is 5.76 Å². The van der Waals surface area contributed by atoms with E-state index in [-0.39, 0.29) is 11.6 Å². The molecule has 92 valence electrons. The summed E-state index contributed by atoms with van der Waals surface area (Å²) in [7, 11) is 1.97. The SMILES string of the molecule is CCOC(C)(CC)C(Cc1ccco1)NC. The van der Waals surface area contributed by atoms with Crippen LogP contribution < -0.4 is 5.32 Å². The second-order valence-corrected chi connectivity index (χ2v) is 4.22. The third kappa shape index (κ3) is 3.09. The van der Waals surface area contributed by atoms with Gasteiger partial charge in [0.05, 0.1) is 11.9 Å². The molecular weight excluding hydrogens is 202 g/mol. The molecule has 0 aliphatic carbocycles. The lowest BCUT2D eigenvalue weighted by Crippen LogP contribution is -2.50. The van der Waals surface area contributed by atoms with Gasteiger partial charge in [-0.05, 0) is 39.4 Å². The summed E-state index contributed by atoms with van der Waals surface area (Å²) in [5.41, 5.74) is -0.143. The van der Waals surface area contributed by atoms with E-state index in [0.29, 0.717) is 0 Å². The predicted molar refractivity (Wildman–Crippen MR) is 65.6 cm³/mol. The second-order valence-electron chi connectivity index (χ2n) is 4.22. The van der Waals surface area contributed by atoms with Gasteiger partial charge in [-0.15, -0.1) is 0 Å². The molecule has 3 heteroatoms. The van der Waals surface area contributed by atoms with Crippen molar-refractivity contribution < 1.29 is 9.15 Å². The van der Waals surface area contributed by atoms with Crippen molar-refractivity contribution in [3.63, 3.8) is 0 Å². The fraction of sp³-hybridized carbons (Fsp3) is 0.692. The van der Waals surface area contributed by atoms with Crippen LogP contribution >= 0.6 is 0 Å². The first-order chi connectivity index (χ1) is 7.66. The largest absolute Gasteiger partial charge is 0.469 e. The van der Waals surface area contributed by atoms with Crippen LogP contribution in [0.3, 0.4) is 0 Å². The van der Waals surface area contributed by atoms with Crippen LogP contribution in [0.25, 0.3) is 0 Å². The monoisotopic (exact) mass is 225 g/mol. The van der Waals surface area contributed by atoms with Crippen LogP contribution in [0.2, 0.25) is 0 Å². The molecule has 1 rings (SSSR count). The van der Waals surface area contributed by atoms with Crippen molar-refractivity contribution in [1.29, 1.82) is 0 Å². The van der Waals surface area contributed by atoms with Gasteiger partial charge in [-0.3, -0.25) is 0 Å². The highest BCUT2D eigenvalue weighted by Crippen LogP contribution is 2.23. The van der Waals surface area contributed by atoms with Gasteiger partial charge in [0.15, 0.2) is 0 Å². The lowest BCUT2D eigenvalue weighted by Gasteiger charge is -2.36. The third-order valence-electron chi connectivity index (χ3n) is 3.25. The summed E-state index contributed by atoms with van der Waals surface area (Å²) in [6, 6.07) is 4.20. The Morgan fingerprint density at radius 3 is 2.69 bits per heavy atom. The molecule has 1 aromatic rings. The van der Waals surface area contributed by atoms with E-state index >= 15 is 0 Å². The summed E-state index contributed by atoms with van der Waals surface area (Å²) < 4.78 is 11.3. The zero-order chi connectivity index (χ0) is 12.0. The van der Waals surface area contributed by atoms with E-state index in [1.165, 1.54) is 0 Å². The highest BCUT2D eigenvalue weighted by molar-refractivity contribution is 5.04. The number of hydrogen-bond donors (Lipinski definition) is 1. The van der Waals surface area contributed by atoms with E-state index in [9.17, 15) is 0 Å². The van der Waals surface area contributed by atoms with Crippen LogP contribution in [0.5, 0.6) is 0 Å². The molecule has 0 saturated heterocycles. The van der Waals surface area contributed by atoms with Crippen LogP contribution in [0.1, 0.15) is 33.0 Å². The summed E-state index contributed by atoms with van der Waals surface area (Å²) in [4.78, 5) is 0. The zero-order valence-corrected chi connectivity index (χ0v) is 10.7. The van der Waals surface area contributed by atoms with Crippen molar-refractivity contribution >= 4 is 0 Å². The topological polar surface area (TPSA) is 34.4 Å². The lowest BCUT2D eigenvalue weighted by molar-refractivity contribution is -0.0543. The molecule has 0 aliphatic rings. The second kappa shape index (κ2) is 6.06. The van der Waals surface area contributed by atoms with Gasteiger partial charge in [0.25, 0.3) is 0 Å². The zero-order valence-electron chi connectivity index (χ0n) is 10.7. The quantitative estimate of drug-likeness (QED) is 0.774. The van der Waals surface area contributed by atoms with Crippen LogP contribution in [0, 0.1) is 0 Å². The molecule has 0 amide bonds. The molecule has 0 radical (unpaired) electrons. The Kier molecular flexibility index (Phi) is 5.03. The summed E-state index contributed by atoms with van der Waals surface area (Å²) in [5.74, 6) is 0.999. The number of ether oxygens (including phenoxy) is 1. The van der Waals surface area contributed by atoms with E-state index in [1.54, 1.807) is 6.26 Å². The highest BCUT2D eigenvalue weighted by Gasteiger charge is 2.32. The van der Waals surface area contributed by atoms with Crippen molar-refractivity contribution in [2.24, 2.45) is 0 Å². The maximum atomic E-state index is 5.88. The summed E-state index contributed by atoms with van der Waals surface area (Å²) in [6.45, 7) is 7.08. The third-order valence-corrected chi connectivity index (χ3v) is 3.25. The molecule has 0 aromatic carbocycles. The van der Waals surface area contributed by atoms with E-state index in [2.05, 4.69) is 19.2 Å². The van der Waals surface area contributed by atoms with Crippen LogP contribution in [0.15, 0.2) is 22.8 Å². The summed E-state index contributed by atoms with van der Waals surface area (Å²) in [5, 5.41) is 3.33. The molecule has 0 spiro atoms. The Balaban J connectivity index is 2.71. The number of rotatable bonds is 7. The molecule has 3 nitrogen and oxygen atoms in total. The molecule has 0 saturated carbocycles. The first kappa shape index (κ1) is 13.3. The average Bonchev–Trinajstić information content (AvgIpc) is 2.78. The van der Waals surface area contributed by atoms with Crippen molar-refractivity contribution in [3.8, 4) is 0 Å². The lowest BCUT2D eigenvalue weighted by atomic mass is 9.90. The van der Waals surface area contributed by atoms with Crippen LogP contribution in [-0.2, 0) is 11.2 Å². The van der Waals surface area contributed by atoms with Gasteiger partial charge in [-0.25, -0.2) is 0 Å². The van der Waals surface area contributed by atoms with Gasteiger partial charge in [0.2, 0.25) is 0 Å². The predicted octanol–water partition coefficient (Wildman–Crippen LogP) is 2.62. The molecule has 1 heterocycles. The van der Waals surface area contributed by atoms with E-state index < -0.39 is 0 Å². The van der Waals surface area contributed by atoms with Crippen molar-refractivity contribution in [1.82, 2.24) is 5.32 Å². The summed E-state index contributed by atoms with van der Waals surface area (Å²) in [6.07, 6.45) is 3.55. The fourth-order valence-electron chi connectivity index (χ4n) is 2.03. The normalized spacial score (nSPS) is 17.0. The summed E-state index contributed by atoms with van der Waals surface area (Å²) >= 11 is 0. The molecular formula is C13H23NO2. The molecule has 16 heavy (non-hydrogen) atoms. The Hall–Kier alpha value is -0.800. The molecule has 0 fully saturated rings. The average molecular weight is 225 g/mol. The van der Waals surface area contributed by atoms with Gasteiger partial charge in [-0.2, -0.15) is 0 Å². The molecule has 2 atom stereocenters. The Bertz CT molecular complexity index is 284. The maximum absolute atomic E-state index is 5.88. The molecule has 1 aromatic heterocycles. The minimum Gasteiger partial charge on any atom is -0.469 e. The van der Waals surface area contributed by atoms with Gasteiger partial charge in [0, 0.05) is 19.1 Å². The molecule has 0 bridgehead atoms. The standard InChI is InChI=1S/C13H23NO2/c1-5-13(3,16-6-2)12(14-4)10-11-8-7-9-15-11/h7-9,12,14H,5-6,10H2,1-4H3. The molecule has 0 aliphatic heterocycles. The Morgan fingerprint density at radius 2 is 2.25 bits per heavy atom. The van der Waals surface area contributed by atoms with Gasteiger partial charge in [-0.1, -0.05) is 6.92 Å². The van der Waals surface area contributed by atoms with Crippen LogP contribution in [-0.4, -0.2) is 25.3 Å². The first-order valence-corrected chi connectivity index (χ1v) is 5.99. The number of nitrogens with one attached hydrogen (secondary N) is 1. The number of hydrogen-bond acceptors (Lipinski definition) is 3. The van der Waals surface area contributed by atoms with Crippen molar-refractivity contribution in [2.75, 3.05) is 13.7 Å². The molecule has 2 unspecified atom stereocenters. The van der Waals surface area contributed by atoms with E-state index in [1.807, 2.05) is 26.1 Å². The fourth-order valence-corrected chi connectivity index (χ4v) is 2.03. The van der Waals surface area contributed by atoms with E-state index in [0.717, 1.165) is 25.2 Å². The van der Waals surface area contributed by atoms with Gasteiger partial charge >= 0.3 is 0 Å². The Labute approximate surface area is 98.2 Å². The maximum Gasteiger partial charge on any atom is 0.105 e. The minimum atomic E-state index is -0.143.